The average molecular weight is 643 g/mol. The topological polar surface area (TPSA) is 96.3 Å². The molecule has 0 saturated heterocycles. The molecule has 0 bridgehead atoms. The number of ether oxygens (including phenoxy) is 2. The van der Waals surface area contributed by atoms with E-state index in [1.807, 2.05) is 24.3 Å². The van der Waals surface area contributed by atoms with Gasteiger partial charge in [-0.05, 0) is 83.9 Å². The fourth-order valence-electron chi connectivity index (χ4n) is 4.58. The van der Waals surface area contributed by atoms with Crippen LogP contribution in [0.5, 0.6) is 11.5 Å². The van der Waals surface area contributed by atoms with E-state index in [1.54, 1.807) is 24.3 Å². The minimum Gasteiger partial charge on any atom is -0.433 e. The molecule has 0 aliphatic rings. The number of nitrogens with two attached hydrogens (primary N) is 2. The number of rotatable bonds is 8. The molecule has 0 atom stereocenters. The second-order valence-electron chi connectivity index (χ2n) is 9.74. The number of nitrogens with zero attached hydrogens (tertiary/aromatic N) is 2. The zero-order valence-corrected chi connectivity index (χ0v) is 25.0. The van der Waals surface area contributed by atoms with Crippen LogP contribution >= 0.6 is 34.4 Å². The number of fused-ring (bicyclic) bond motifs is 1. The molecule has 3 heterocycles. The van der Waals surface area contributed by atoms with Crippen molar-refractivity contribution in [2.45, 2.75) is 26.1 Å². The van der Waals surface area contributed by atoms with Crippen LogP contribution in [0.25, 0.3) is 52.8 Å². The summed E-state index contributed by atoms with van der Waals surface area (Å²) in [5.74, 6) is 0.139. The molecular weight excluding hydrogens is 621 g/mol. The Labute approximate surface area is 255 Å². The summed E-state index contributed by atoms with van der Waals surface area (Å²) >= 11 is 3.98. The number of alkyl halides is 4. The minimum atomic E-state index is -3.27. The molecule has 3 aromatic carbocycles. The Balaban J connectivity index is 1.33. The Bertz CT molecular complexity index is 1780. The fraction of sp³-hybridized carbons (Fsp3) is 0.133. The van der Waals surface area contributed by atoms with E-state index < -0.39 is 12.2 Å². The molecule has 0 fully saturated rings. The molecule has 6 aromatic rings. The number of benzene rings is 3. The van der Waals surface area contributed by atoms with E-state index in [0.717, 1.165) is 42.4 Å². The van der Waals surface area contributed by atoms with Crippen molar-refractivity contribution in [1.29, 1.82) is 0 Å². The monoisotopic (exact) mass is 642 g/mol. The summed E-state index contributed by atoms with van der Waals surface area (Å²) < 4.78 is 71.1. The summed E-state index contributed by atoms with van der Waals surface area (Å²) in [5, 5.41) is 0. The molecule has 0 spiro atoms. The molecule has 220 valence electrons. The molecule has 0 aliphatic carbocycles. The van der Waals surface area contributed by atoms with Crippen molar-refractivity contribution in [3.05, 3.63) is 72.8 Å². The van der Waals surface area contributed by atoms with Crippen LogP contribution in [0.1, 0.15) is 13.8 Å². The summed E-state index contributed by atoms with van der Waals surface area (Å²) in [5.41, 5.74) is 18.3. The lowest BCUT2D eigenvalue weighted by molar-refractivity contribution is -0.159. The second kappa shape index (κ2) is 10.8. The van der Waals surface area contributed by atoms with Gasteiger partial charge in [-0.3, -0.25) is 0 Å². The van der Waals surface area contributed by atoms with Gasteiger partial charge in [-0.2, -0.15) is 26.3 Å². The van der Waals surface area contributed by atoms with Crippen LogP contribution in [0, 0.1) is 0 Å². The van der Waals surface area contributed by atoms with E-state index in [2.05, 4.69) is 18.2 Å². The van der Waals surface area contributed by atoms with Gasteiger partial charge in [0.05, 0.1) is 23.1 Å². The van der Waals surface area contributed by atoms with Gasteiger partial charge >= 0.3 is 12.2 Å². The predicted octanol–water partition coefficient (Wildman–Crippen LogP) is 9.63. The van der Waals surface area contributed by atoms with Crippen molar-refractivity contribution < 1.29 is 27.0 Å². The van der Waals surface area contributed by atoms with Crippen molar-refractivity contribution in [3.8, 4) is 53.3 Å². The van der Waals surface area contributed by atoms with Gasteiger partial charge in [0.15, 0.2) is 0 Å². The van der Waals surface area contributed by atoms with Crippen molar-refractivity contribution in [2.75, 3.05) is 11.5 Å². The molecule has 0 saturated carbocycles. The van der Waals surface area contributed by atoms with Crippen molar-refractivity contribution in [1.82, 2.24) is 8.75 Å². The first-order valence-corrected chi connectivity index (χ1v) is 15.1. The molecule has 0 radical (unpaired) electrons. The number of aromatic nitrogens is 2. The second-order valence-corrected chi connectivity index (χ2v) is 12.4. The van der Waals surface area contributed by atoms with E-state index in [1.165, 1.54) is 46.9 Å². The summed E-state index contributed by atoms with van der Waals surface area (Å²) in [6.07, 6.45) is -6.53. The first-order chi connectivity index (χ1) is 20.4. The zero-order valence-electron chi connectivity index (χ0n) is 22.5. The maximum Gasteiger partial charge on any atom is 0.394 e. The smallest absolute Gasteiger partial charge is 0.394 e. The van der Waals surface area contributed by atoms with Crippen molar-refractivity contribution in [2.24, 2.45) is 0 Å². The molecule has 6 nitrogen and oxygen atoms in total. The van der Waals surface area contributed by atoms with Gasteiger partial charge < -0.3 is 20.9 Å². The predicted molar refractivity (Wildman–Crippen MR) is 166 cm³/mol. The Hall–Kier alpha value is -4.20. The number of hydrogen-bond acceptors (Lipinski definition) is 9. The lowest BCUT2D eigenvalue weighted by Gasteiger charge is -2.13. The normalized spacial score (nSPS) is 12.1. The third-order valence-corrected chi connectivity index (χ3v) is 9.20. The number of hydrogen-bond donors (Lipinski definition) is 2. The Morgan fingerprint density at radius 2 is 0.907 bits per heavy atom. The van der Waals surface area contributed by atoms with Gasteiger partial charge in [0, 0.05) is 44.5 Å². The third-order valence-electron chi connectivity index (χ3n) is 6.37. The molecule has 3 aromatic heterocycles. The van der Waals surface area contributed by atoms with Gasteiger partial charge in [-0.15, -0.1) is 22.7 Å². The van der Waals surface area contributed by atoms with Gasteiger partial charge in [0.1, 0.15) is 22.5 Å². The van der Waals surface area contributed by atoms with Crippen molar-refractivity contribution in [3.63, 3.8) is 0 Å². The molecule has 13 heteroatoms. The summed E-state index contributed by atoms with van der Waals surface area (Å²) in [7, 11) is 0. The highest BCUT2D eigenvalue weighted by Gasteiger charge is 2.25. The van der Waals surface area contributed by atoms with Crippen LogP contribution in [0.2, 0.25) is 0 Å². The minimum absolute atomic E-state index is 0.0693. The highest BCUT2D eigenvalue weighted by molar-refractivity contribution is 7.19. The highest BCUT2D eigenvalue weighted by Crippen LogP contribution is 2.49. The van der Waals surface area contributed by atoms with Crippen LogP contribution < -0.4 is 20.9 Å². The van der Waals surface area contributed by atoms with Crippen LogP contribution in [-0.2, 0) is 0 Å². The summed E-state index contributed by atoms with van der Waals surface area (Å²) in [4.78, 5) is 3.45. The largest absolute Gasteiger partial charge is 0.433 e. The van der Waals surface area contributed by atoms with E-state index in [4.69, 9.17) is 11.5 Å². The third kappa shape index (κ3) is 6.01. The first kappa shape index (κ1) is 28.9. The number of nitrogen functional groups attached to an aromatic ring is 2. The number of halogens is 4. The zero-order chi connectivity index (χ0) is 30.5. The number of anilines is 2. The molecular formula is C30H22F4N4O2S3. The SMILES string of the molecule is CC(F)(F)Oc1ccc(-c2ccc(-c3c(N)c(N)c(-c4ccc(-c5ccc(OC(C)(F)F)cc5)s4)c4nsnc34)s2)cc1. The van der Waals surface area contributed by atoms with Crippen LogP contribution in [-0.4, -0.2) is 21.0 Å². The standard InChI is InChI=1S/C30H22F4N4O2S3/c1-29(31,32)39-17-7-3-15(4-8-17)19-11-13-21(41-19)23-25(35)26(36)24(28-27(23)37-43-38-28)22-14-12-20(42-22)16-5-9-18(10-6-16)40-30(2,33)34/h3-14H,35-36H2,1-2H3. The van der Waals surface area contributed by atoms with Crippen LogP contribution in [0.4, 0.5) is 28.9 Å². The van der Waals surface area contributed by atoms with Gasteiger partial charge in [-0.25, -0.2) is 0 Å². The quantitative estimate of drug-likeness (QED) is 0.127. The lowest BCUT2D eigenvalue weighted by atomic mass is 10.0. The fourth-order valence-corrected chi connectivity index (χ4v) is 7.29. The maximum atomic E-state index is 13.2. The Morgan fingerprint density at radius 3 is 1.26 bits per heavy atom. The highest BCUT2D eigenvalue weighted by atomic mass is 32.1. The molecule has 6 rings (SSSR count). The average Bonchev–Trinajstić information content (AvgIpc) is 3.70. The van der Waals surface area contributed by atoms with Gasteiger partial charge in [-0.1, -0.05) is 0 Å². The number of thiophene rings is 2. The Kier molecular flexibility index (Phi) is 7.27. The lowest BCUT2D eigenvalue weighted by Crippen LogP contribution is -2.18. The van der Waals surface area contributed by atoms with Crippen molar-refractivity contribution >= 4 is 56.8 Å². The van der Waals surface area contributed by atoms with E-state index in [9.17, 15) is 17.6 Å². The van der Waals surface area contributed by atoms with Crippen LogP contribution in [0.15, 0.2) is 72.8 Å². The van der Waals surface area contributed by atoms with Gasteiger partial charge in [0.2, 0.25) is 0 Å². The molecule has 0 amide bonds. The molecule has 0 unspecified atom stereocenters. The summed E-state index contributed by atoms with van der Waals surface area (Å²) in [6, 6.07) is 20.5. The molecule has 43 heavy (non-hydrogen) atoms. The van der Waals surface area contributed by atoms with E-state index in [-0.39, 0.29) is 11.5 Å². The first-order valence-electron chi connectivity index (χ1n) is 12.7. The van der Waals surface area contributed by atoms with Crippen LogP contribution in [0.3, 0.4) is 0 Å². The Morgan fingerprint density at radius 1 is 0.558 bits per heavy atom. The molecule has 4 N–H and O–H groups in total. The summed E-state index contributed by atoms with van der Waals surface area (Å²) in [6.45, 7) is 1.38. The van der Waals surface area contributed by atoms with E-state index >= 15 is 0 Å². The molecule has 0 aliphatic heterocycles. The van der Waals surface area contributed by atoms with Gasteiger partial charge in [0.25, 0.3) is 0 Å². The maximum absolute atomic E-state index is 13.2. The van der Waals surface area contributed by atoms with E-state index in [0.29, 0.717) is 47.4 Å².